The Morgan fingerprint density at radius 1 is 1.00 bits per heavy atom. The molecule has 5 rings (SSSR count). The number of anilines is 2. The molecule has 0 aromatic heterocycles. The zero-order valence-corrected chi connectivity index (χ0v) is 16.5. The van der Waals surface area contributed by atoms with Crippen LogP contribution >= 0.6 is 11.6 Å². The summed E-state index contributed by atoms with van der Waals surface area (Å²) in [7, 11) is 0. The molecule has 4 atom stereocenters. The molecule has 0 radical (unpaired) electrons. The summed E-state index contributed by atoms with van der Waals surface area (Å²) < 4.78 is 0. The molecule has 3 amide bonds. The van der Waals surface area contributed by atoms with E-state index in [-0.39, 0.29) is 41.4 Å². The normalized spacial score (nSPS) is 26.9. The number of amides is 3. The molecule has 6 heteroatoms. The van der Waals surface area contributed by atoms with Crippen LogP contribution in [0.4, 0.5) is 11.4 Å². The quantitative estimate of drug-likeness (QED) is 0.613. The summed E-state index contributed by atoms with van der Waals surface area (Å²) in [6.45, 7) is 1.89. The van der Waals surface area contributed by atoms with Crippen molar-refractivity contribution in [2.45, 2.75) is 13.3 Å². The summed E-state index contributed by atoms with van der Waals surface area (Å²) in [4.78, 5) is 39.7. The average molecular weight is 407 g/mol. The smallest absolute Gasteiger partial charge is 0.255 e. The highest BCUT2D eigenvalue weighted by Crippen LogP contribution is 2.53. The third-order valence-corrected chi connectivity index (χ3v) is 6.54. The maximum Gasteiger partial charge on any atom is 0.255 e. The van der Waals surface area contributed by atoms with E-state index in [1.807, 2.05) is 13.0 Å². The Morgan fingerprint density at radius 2 is 1.62 bits per heavy atom. The third kappa shape index (κ3) is 2.80. The number of allylic oxidation sites excluding steroid dienone is 2. The van der Waals surface area contributed by atoms with E-state index < -0.39 is 0 Å². The third-order valence-electron chi connectivity index (χ3n) is 6.31. The van der Waals surface area contributed by atoms with E-state index in [2.05, 4.69) is 17.5 Å². The van der Waals surface area contributed by atoms with Crippen LogP contribution in [-0.2, 0) is 9.59 Å². The lowest BCUT2D eigenvalue weighted by Gasteiger charge is -2.17. The van der Waals surface area contributed by atoms with Crippen molar-refractivity contribution in [3.05, 3.63) is 70.8 Å². The van der Waals surface area contributed by atoms with Crippen LogP contribution in [0, 0.1) is 30.6 Å². The van der Waals surface area contributed by atoms with Gasteiger partial charge in [-0.25, -0.2) is 0 Å². The van der Waals surface area contributed by atoms with Crippen molar-refractivity contribution >= 4 is 40.7 Å². The molecule has 5 nitrogen and oxygen atoms in total. The predicted octanol–water partition coefficient (Wildman–Crippen LogP) is 4.21. The van der Waals surface area contributed by atoms with Gasteiger partial charge >= 0.3 is 0 Å². The fourth-order valence-corrected chi connectivity index (χ4v) is 5.01. The number of aryl methyl sites for hydroxylation is 1. The van der Waals surface area contributed by atoms with Gasteiger partial charge in [0.1, 0.15) is 0 Å². The number of hydrogen-bond donors (Lipinski definition) is 1. The van der Waals surface area contributed by atoms with Crippen molar-refractivity contribution in [3.8, 4) is 0 Å². The molecule has 2 aromatic carbocycles. The van der Waals surface area contributed by atoms with E-state index in [1.54, 1.807) is 36.4 Å². The van der Waals surface area contributed by atoms with Crippen LogP contribution in [0.15, 0.2) is 54.6 Å². The Kier molecular flexibility index (Phi) is 4.10. The molecule has 2 fully saturated rings. The molecule has 0 unspecified atom stereocenters. The number of halogens is 1. The minimum Gasteiger partial charge on any atom is -0.322 e. The fourth-order valence-electron chi connectivity index (χ4n) is 4.84. The molecular formula is C23H19ClN2O3. The lowest BCUT2D eigenvalue weighted by molar-refractivity contribution is -0.123. The van der Waals surface area contributed by atoms with Gasteiger partial charge < -0.3 is 5.32 Å². The van der Waals surface area contributed by atoms with Crippen LogP contribution in [-0.4, -0.2) is 17.7 Å². The molecule has 2 aromatic rings. The van der Waals surface area contributed by atoms with Crippen LogP contribution in [0.1, 0.15) is 22.3 Å². The maximum absolute atomic E-state index is 12.9. The fraction of sp³-hybridized carbons (Fsp3) is 0.261. The molecule has 2 aliphatic carbocycles. The van der Waals surface area contributed by atoms with E-state index in [1.165, 1.54) is 4.90 Å². The lowest BCUT2D eigenvalue weighted by atomic mass is 9.85. The molecule has 29 heavy (non-hydrogen) atoms. The second-order valence-corrected chi connectivity index (χ2v) is 8.41. The number of carbonyl (C=O) groups excluding carboxylic acids is 3. The highest BCUT2D eigenvalue weighted by atomic mass is 35.5. The van der Waals surface area contributed by atoms with E-state index >= 15 is 0 Å². The number of hydrogen-bond acceptors (Lipinski definition) is 3. The van der Waals surface area contributed by atoms with Gasteiger partial charge in [-0.1, -0.05) is 29.8 Å². The first-order valence-electron chi connectivity index (χ1n) is 9.68. The van der Waals surface area contributed by atoms with Gasteiger partial charge in [-0.15, -0.1) is 0 Å². The number of rotatable bonds is 3. The number of carbonyl (C=O) groups is 3. The Hall–Kier alpha value is -2.92. The summed E-state index contributed by atoms with van der Waals surface area (Å²) in [5.41, 5.74) is 2.51. The van der Waals surface area contributed by atoms with E-state index in [9.17, 15) is 14.4 Å². The molecule has 0 spiro atoms. The molecule has 1 heterocycles. The van der Waals surface area contributed by atoms with Crippen molar-refractivity contribution in [2.75, 3.05) is 10.2 Å². The van der Waals surface area contributed by atoms with Gasteiger partial charge in [-0.2, -0.15) is 0 Å². The molecule has 3 aliphatic rings. The zero-order valence-electron chi connectivity index (χ0n) is 15.8. The number of fused-ring (bicyclic) bond motifs is 5. The number of nitrogens with zero attached hydrogens (tertiary/aromatic N) is 1. The Bertz CT molecular complexity index is 1050. The first-order valence-corrected chi connectivity index (χ1v) is 10.1. The summed E-state index contributed by atoms with van der Waals surface area (Å²) in [5.74, 6) is -0.625. The molecule has 1 saturated carbocycles. The molecule has 1 N–H and O–H groups in total. The van der Waals surface area contributed by atoms with Crippen molar-refractivity contribution < 1.29 is 14.4 Å². The summed E-state index contributed by atoms with van der Waals surface area (Å²) in [5, 5.41) is 3.39. The van der Waals surface area contributed by atoms with E-state index in [4.69, 9.17) is 11.6 Å². The average Bonchev–Trinajstić information content (AvgIpc) is 3.39. The largest absolute Gasteiger partial charge is 0.322 e. The molecule has 146 valence electrons. The van der Waals surface area contributed by atoms with Gasteiger partial charge in [0, 0.05) is 16.3 Å². The van der Waals surface area contributed by atoms with Gasteiger partial charge in [0.2, 0.25) is 11.8 Å². The number of imide groups is 1. The van der Waals surface area contributed by atoms with Crippen molar-refractivity contribution in [1.29, 1.82) is 0 Å². The Morgan fingerprint density at radius 3 is 2.24 bits per heavy atom. The SMILES string of the molecule is Cc1ccc(Cl)cc1NC(=O)c1ccc(N2C(=O)[C@H]3[C@H](C2=O)[C@H]2C=C[C@H]3C2)cc1. The minimum absolute atomic E-state index is 0.122. The Balaban J connectivity index is 1.36. The lowest BCUT2D eigenvalue weighted by Crippen LogP contribution is -2.32. The van der Waals surface area contributed by atoms with Crippen molar-refractivity contribution in [2.24, 2.45) is 23.7 Å². The predicted molar refractivity (Wildman–Crippen MR) is 111 cm³/mol. The Labute approximate surface area is 173 Å². The van der Waals surface area contributed by atoms with Crippen LogP contribution in [0.25, 0.3) is 0 Å². The molecule has 2 bridgehead atoms. The van der Waals surface area contributed by atoms with Crippen LogP contribution in [0.3, 0.4) is 0 Å². The minimum atomic E-state index is -0.278. The topological polar surface area (TPSA) is 66.5 Å². The summed E-state index contributed by atoms with van der Waals surface area (Å²) in [6.07, 6.45) is 5.06. The molecular weight excluding hydrogens is 388 g/mol. The van der Waals surface area contributed by atoms with Crippen LogP contribution in [0.5, 0.6) is 0 Å². The standard InChI is InChI=1S/C23H19ClN2O3/c1-12-2-7-16(24)11-18(12)25-21(27)13-5-8-17(9-6-13)26-22(28)19-14-3-4-15(10-14)20(19)23(26)29/h2-9,11,14-15,19-20H,10H2,1H3,(H,25,27)/t14-,15-,19+,20+/m0/s1. The van der Waals surface area contributed by atoms with Gasteiger partial charge in [0.05, 0.1) is 17.5 Å². The van der Waals surface area contributed by atoms with Gasteiger partial charge in [0.25, 0.3) is 5.91 Å². The highest BCUT2D eigenvalue weighted by molar-refractivity contribution is 6.31. The first-order chi connectivity index (χ1) is 13.9. The first kappa shape index (κ1) is 18.1. The van der Waals surface area contributed by atoms with Crippen molar-refractivity contribution in [3.63, 3.8) is 0 Å². The van der Waals surface area contributed by atoms with E-state index in [0.717, 1.165) is 12.0 Å². The van der Waals surface area contributed by atoms with Gasteiger partial charge in [-0.3, -0.25) is 19.3 Å². The van der Waals surface area contributed by atoms with Crippen LogP contribution in [0.2, 0.25) is 5.02 Å². The molecule has 1 aliphatic heterocycles. The monoisotopic (exact) mass is 406 g/mol. The zero-order chi connectivity index (χ0) is 20.3. The number of nitrogens with one attached hydrogen (secondary N) is 1. The van der Waals surface area contributed by atoms with Crippen LogP contribution < -0.4 is 10.2 Å². The molecule has 1 saturated heterocycles. The second-order valence-electron chi connectivity index (χ2n) is 7.97. The van der Waals surface area contributed by atoms with E-state index in [0.29, 0.717) is 22.0 Å². The summed E-state index contributed by atoms with van der Waals surface area (Å²) in [6, 6.07) is 11.9. The second kappa shape index (κ2) is 6.56. The number of benzene rings is 2. The maximum atomic E-state index is 12.9. The highest BCUT2D eigenvalue weighted by Gasteiger charge is 2.59. The van der Waals surface area contributed by atoms with Crippen molar-refractivity contribution in [1.82, 2.24) is 0 Å². The van der Waals surface area contributed by atoms with Gasteiger partial charge in [0.15, 0.2) is 0 Å². The summed E-state index contributed by atoms with van der Waals surface area (Å²) >= 11 is 6.01. The van der Waals surface area contributed by atoms with Gasteiger partial charge in [-0.05, 0) is 67.1 Å².